The Balaban J connectivity index is 1.89. The van der Waals surface area contributed by atoms with Crippen molar-refractivity contribution in [3.8, 4) is 0 Å². The zero-order chi connectivity index (χ0) is 14.8. The van der Waals surface area contributed by atoms with E-state index >= 15 is 0 Å². The number of anilines is 1. The van der Waals surface area contributed by atoms with Crippen LogP contribution in [0.4, 0.5) is 11.4 Å². The average Bonchev–Trinajstić information content (AvgIpc) is 2.89. The third kappa shape index (κ3) is 2.67. The lowest BCUT2D eigenvalue weighted by Crippen LogP contribution is -2.31. The number of nitro benzene ring substituents is 1. The average molecular weight is 286 g/mol. The first-order valence-electron chi connectivity index (χ1n) is 7.13. The van der Waals surface area contributed by atoms with Crippen LogP contribution >= 0.6 is 0 Å². The van der Waals surface area contributed by atoms with Crippen LogP contribution in [0.5, 0.6) is 0 Å². The summed E-state index contributed by atoms with van der Waals surface area (Å²) in [6, 6.07) is 7.28. The maximum absolute atomic E-state index is 11.1. The molecule has 1 aromatic heterocycles. The van der Waals surface area contributed by atoms with Crippen LogP contribution < -0.4 is 5.32 Å². The molecule has 0 radical (unpaired) electrons. The van der Waals surface area contributed by atoms with Gasteiger partial charge in [0.25, 0.3) is 5.69 Å². The van der Waals surface area contributed by atoms with Gasteiger partial charge in [-0.3, -0.25) is 15.1 Å². The fraction of sp³-hybridized carbons (Fsp3) is 0.400. The smallest absolute Gasteiger partial charge is 0.278 e. The topological polar surface area (TPSA) is 71.3 Å². The Morgan fingerprint density at radius 1 is 1.48 bits per heavy atom. The molecule has 3 rings (SSSR count). The van der Waals surface area contributed by atoms with Crippen molar-refractivity contribution in [2.24, 2.45) is 0 Å². The highest BCUT2D eigenvalue weighted by atomic mass is 16.6. The molecule has 110 valence electrons. The SMILES string of the molecule is CN1CCCC1CNc1ccc([N+](=O)[O-])c2cccnc12. The minimum atomic E-state index is -0.363. The molecule has 6 nitrogen and oxygen atoms in total. The Morgan fingerprint density at radius 3 is 3.05 bits per heavy atom. The lowest BCUT2D eigenvalue weighted by Gasteiger charge is -2.20. The van der Waals surface area contributed by atoms with Crippen LogP contribution in [0.1, 0.15) is 12.8 Å². The lowest BCUT2D eigenvalue weighted by atomic mass is 10.1. The number of hydrogen-bond donors (Lipinski definition) is 1. The van der Waals surface area contributed by atoms with E-state index in [1.165, 1.54) is 12.8 Å². The molecule has 1 aromatic carbocycles. The number of likely N-dealkylation sites (tertiary alicyclic amines) is 1. The van der Waals surface area contributed by atoms with Crippen LogP contribution in [-0.2, 0) is 0 Å². The quantitative estimate of drug-likeness (QED) is 0.691. The molecule has 6 heteroatoms. The van der Waals surface area contributed by atoms with Gasteiger partial charge in [0.2, 0.25) is 0 Å². The molecule has 1 unspecified atom stereocenters. The number of nitro groups is 1. The van der Waals surface area contributed by atoms with E-state index in [2.05, 4.69) is 22.2 Å². The summed E-state index contributed by atoms with van der Waals surface area (Å²) < 4.78 is 0. The molecule has 1 aliphatic rings. The van der Waals surface area contributed by atoms with Gasteiger partial charge in [0, 0.05) is 24.8 Å². The largest absolute Gasteiger partial charge is 0.382 e. The molecule has 0 spiro atoms. The predicted molar refractivity (Wildman–Crippen MR) is 82.5 cm³/mol. The Hall–Kier alpha value is -2.21. The zero-order valence-electron chi connectivity index (χ0n) is 12.0. The fourth-order valence-corrected chi connectivity index (χ4v) is 2.92. The number of likely N-dealkylation sites (N-methyl/N-ethyl adjacent to an activating group) is 1. The number of benzene rings is 1. The van der Waals surface area contributed by atoms with Crippen molar-refractivity contribution in [3.05, 3.63) is 40.6 Å². The third-order valence-electron chi connectivity index (χ3n) is 4.14. The molecule has 1 saturated heterocycles. The molecule has 1 aliphatic heterocycles. The fourth-order valence-electron chi connectivity index (χ4n) is 2.92. The Bertz CT molecular complexity index is 674. The molecule has 2 heterocycles. The molecule has 0 amide bonds. The summed E-state index contributed by atoms with van der Waals surface area (Å²) >= 11 is 0. The van der Waals surface area contributed by atoms with Gasteiger partial charge in [-0.15, -0.1) is 0 Å². The molecule has 1 fully saturated rings. The number of pyridine rings is 1. The molecule has 0 saturated carbocycles. The molecule has 2 aromatic rings. The van der Waals surface area contributed by atoms with Crippen molar-refractivity contribution in [2.45, 2.75) is 18.9 Å². The third-order valence-corrected chi connectivity index (χ3v) is 4.14. The molecular formula is C15H18N4O2. The van der Waals surface area contributed by atoms with E-state index < -0.39 is 0 Å². The maximum Gasteiger partial charge on any atom is 0.278 e. The first-order valence-corrected chi connectivity index (χ1v) is 7.13. The summed E-state index contributed by atoms with van der Waals surface area (Å²) in [5.41, 5.74) is 1.62. The van der Waals surface area contributed by atoms with Crippen LogP contribution in [0, 0.1) is 10.1 Å². The predicted octanol–water partition coefficient (Wildman–Crippen LogP) is 2.65. The van der Waals surface area contributed by atoms with Crippen molar-refractivity contribution in [3.63, 3.8) is 0 Å². The molecule has 1 N–H and O–H groups in total. The summed E-state index contributed by atoms with van der Waals surface area (Å²) in [5, 5.41) is 15.1. The van der Waals surface area contributed by atoms with E-state index in [0.717, 1.165) is 18.8 Å². The maximum atomic E-state index is 11.1. The Labute approximate surface area is 122 Å². The van der Waals surface area contributed by atoms with E-state index in [-0.39, 0.29) is 10.6 Å². The molecule has 0 aliphatic carbocycles. The highest BCUT2D eigenvalue weighted by molar-refractivity contribution is 5.96. The number of rotatable bonds is 4. The van der Waals surface area contributed by atoms with Gasteiger partial charge in [-0.05, 0) is 44.6 Å². The van der Waals surface area contributed by atoms with E-state index in [1.807, 2.05) is 0 Å². The van der Waals surface area contributed by atoms with Gasteiger partial charge in [-0.1, -0.05) is 0 Å². The summed E-state index contributed by atoms with van der Waals surface area (Å²) in [7, 11) is 2.13. The van der Waals surface area contributed by atoms with E-state index in [4.69, 9.17) is 0 Å². The van der Waals surface area contributed by atoms with Gasteiger partial charge in [-0.2, -0.15) is 0 Å². The van der Waals surface area contributed by atoms with Crippen LogP contribution in [0.2, 0.25) is 0 Å². The standard InChI is InChI=1S/C15H18N4O2/c1-18-9-3-4-11(18)10-17-13-6-7-14(19(20)21)12-5-2-8-16-15(12)13/h2,5-8,11,17H,3-4,9-10H2,1H3. The highest BCUT2D eigenvalue weighted by Crippen LogP contribution is 2.30. The molecule has 1 atom stereocenters. The van der Waals surface area contributed by atoms with Gasteiger partial charge in [-0.25, -0.2) is 0 Å². The number of aromatic nitrogens is 1. The second kappa shape index (κ2) is 5.65. The first-order chi connectivity index (χ1) is 10.2. The van der Waals surface area contributed by atoms with Crippen molar-refractivity contribution >= 4 is 22.3 Å². The van der Waals surface area contributed by atoms with E-state index in [1.54, 1.807) is 30.5 Å². The van der Waals surface area contributed by atoms with Crippen molar-refractivity contribution in [1.82, 2.24) is 9.88 Å². The molecule has 0 bridgehead atoms. The number of non-ortho nitro benzene ring substituents is 1. The summed E-state index contributed by atoms with van der Waals surface area (Å²) in [4.78, 5) is 17.4. The molecule has 21 heavy (non-hydrogen) atoms. The van der Waals surface area contributed by atoms with E-state index in [0.29, 0.717) is 16.9 Å². The number of nitrogens with one attached hydrogen (secondary N) is 1. The highest BCUT2D eigenvalue weighted by Gasteiger charge is 2.21. The van der Waals surface area contributed by atoms with Gasteiger partial charge in [0.1, 0.15) is 5.52 Å². The second-order valence-corrected chi connectivity index (χ2v) is 5.45. The van der Waals surface area contributed by atoms with Crippen LogP contribution in [0.25, 0.3) is 10.9 Å². The van der Waals surface area contributed by atoms with Gasteiger partial charge < -0.3 is 10.2 Å². The Kier molecular flexibility index (Phi) is 3.70. The normalized spacial score (nSPS) is 19.0. The first kappa shape index (κ1) is 13.8. The van der Waals surface area contributed by atoms with Gasteiger partial charge in [0.15, 0.2) is 0 Å². The van der Waals surface area contributed by atoms with E-state index in [9.17, 15) is 10.1 Å². The number of hydrogen-bond acceptors (Lipinski definition) is 5. The molecular weight excluding hydrogens is 268 g/mol. The zero-order valence-corrected chi connectivity index (χ0v) is 12.0. The summed E-state index contributed by atoms with van der Waals surface area (Å²) in [6.45, 7) is 1.96. The van der Waals surface area contributed by atoms with Crippen molar-refractivity contribution < 1.29 is 4.92 Å². The summed E-state index contributed by atoms with van der Waals surface area (Å²) in [5.74, 6) is 0. The minimum absolute atomic E-state index is 0.0987. The van der Waals surface area contributed by atoms with Crippen molar-refractivity contribution in [2.75, 3.05) is 25.5 Å². The van der Waals surface area contributed by atoms with Crippen molar-refractivity contribution in [1.29, 1.82) is 0 Å². The second-order valence-electron chi connectivity index (χ2n) is 5.45. The monoisotopic (exact) mass is 286 g/mol. The van der Waals surface area contributed by atoms with Crippen LogP contribution in [-0.4, -0.2) is 41.0 Å². The van der Waals surface area contributed by atoms with Gasteiger partial charge >= 0.3 is 0 Å². The Morgan fingerprint density at radius 2 is 2.33 bits per heavy atom. The van der Waals surface area contributed by atoms with Gasteiger partial charge in [0.05, 0.1) is 16.0 Å². The number of fused-ring (bicyclic) bond motifs is 1. The lowest BCUT2D eigenvalue weighted by molar-refractivity contribution is -0.383. The summed E-state index contributed by atoms with van der Waals surface area (Å²) in [6.07, 6.45) is 4.07. The minimum Gasteiger partial charge on any atom is -0.382 e. The van der Waals surface area contributed by atoms with Crippen LogP contribution in [0.15, 0.2) is 30.5 Å². The van der Waals surface area contributed by atoms with Crippen LogP contribution in [0.3, 0.4) is 0 Å². The number of nitrogens with zero attached hydrogens (tertiary/aromatic N) is 3.